The van der Waals surface area contributed by atoms with Crippen LogP contribution in [0.5, 0.6) is 0 Å². The van der Waals surface area contributed by atoms with E-state index in [-0.39, 0.29) is 11.5 Å². The maximum absolute atomic E-state index is 12.5. The average molecular weight is 303 g/mol. The Morgan fingerprint density at radius 2 is 2.09 bits per heavy atom. The van der Waals surface area contributed by atoms with Gasteiger partial charge >= 0.3 is 0 Å². The Morgan fingerprint density at radius 1 is 1.36 bits per heavy atom. The van der Waals surface area contributed by atoms with Crippen molar-refractivity contribution in [2.24, 2.45) is 0 Å². The normalized spacial score (nSPS) is 10.7. The summed E-state index contributed by atoms with van der Waals surface area (Å²) < 4.78 is 1.49. The highest BCUT2D eigenvalue weighted by Crippen LogP contribution is 2.13. The predicted molar refractivity (Wildman–Crippen MR) is 83.3 cm³/mol. The van der Waals surface area contributed by atoms with Crippen LogP contribution in [0.1, 0.15) is 42.0 Å². The van der Waals surface area contributed by atoms with E-state index in [9.17, 15) is 9.59 Å². The first-order valence-electron chi connectivity index (χ1n) is 7.40. The number of amides is 1. The monoisotopic (exact) mass is 303 g/mol. The Morgan fingerprint density at radius 3 is 2.68 bits per heavy atom. The van der Waals surface area contributed by atoms with Crippen molar-refractivity contribution in [3.63, 3.8) is 0 Å². The Balaban J connectivity index is 2.41. The molecule has 0 aliphatic rings. The molecule has 2 rings (SSSR count). The largest absolute Gasteiger partial charge is 0.339 e. The third-order valence-corrected chi connectivity index (χ3v) is 3.46. The van der Waals surface area contributed by atoms with Crippen LogP contribution in [0.15, 0.2) is 17.1 Å². The number of carbonyl (C=O) groups excluding carboxylic acids is 1. The van der Waals surface area contributed by atoms with Crippen LogP contribution in [0.2, 0.25) is 0 Å². The molecule has 22 heavy (non-hydrogen) atoms. The van der Waals surface area contributed by atoms with Gasteiger partial charge in [-0.15, -0.1) is 0 Å². The topological polar surface area (TPSA) is 83.9 Å². The summed E-state index contributed by atoms with van der Waals surface area (Å²) in [6.07, 6.45) is 2.43. The molecule has 2 aromatic rings. The van der Waals surface area contributed by atoms with Crippen molar-refractivity contribution in [1.82, 2.24) is 24.6 Å². The van der Waals surface area contributed by atoms with Gasteiger partial charge in [0.1, 0.15) is 0 Å². The summed E-state index contributed by atoms with van der Waals surface area (Å²) in [5.74, 6) is 0.267. The number of nitrogens with zero attached hydrogens (tertiary/aromatic N) is 4. The van der Waals surface area contributed by atoms with Crippen molar-refractivity contribution in [2.45, 2.75) is 34.1 Å². The maximum Gasteiger partial charge on any atom is 0.257 e. The third-order valence-electron chi connectivity index (χ3n) is 3.46. The summed E-state index contributed by atoms with van der Waals surface area (Å²) in [6.45, 7) is 8.88. The first-order valence-corrected chi connectivity index (χ1v) is 7.40. The summed E-state index contributed by atoms with van der Waals surface area (Å²) in [5.41, 5.74) is 1.54. The van der Waals surface area contributed by atoms with E-state index in [1.54, 1.807) is 18.7 Å². The van der Waals surface area contributed by atoms with E-state index in [0.717, 1.165) is 6.42 Å². The first-order chi connectivity index (χ1) is 10.5. The molecule has 7 heteroatoms. The summed E-state index contributed by atoms with van der Waals surface area (Å²) in [4.78, 5) is 32.8. The second kappa shape index (κ2) is 6.55. The molecular formula is C15H21N5O2. The molecule has 0 saturated carbocycles. The van der Waals surface area contributed by atoms with E-state index >= 15 is 0 Å². The van der Waals surface area contributed by atoms with Crippen molar-refractivity contribution in [3.8, 4) is 5.95 Å². The third kappa shape index (κ3) is 3.08. The summed E-state index contributed by atoms with van der Waals surface area (Å²) in [5, 5.41) is 4.20. The Labute approximate surface area is 129 Å². The van der Waals surface area contributed by atoms with Crippen LogP contribution in [0, 0.1) is 13.8 Å². The number of hydrogen-bond acceptors (Lipinski definition) is 4. The number of carbonyl (C=O) groups is 1. The lowest BCUT2D eigenvalue weighted by atomic mass is 10.2. The molecule has 0 bridgehead atoms. The van der Waals surface area contributed by atoms with Crippen LogP contribution in [-0.4, -0.2) is 43.6 Å². The van der Waals surface area contributed by atoms with E-state index in [1.807, 2.05) is 13.8 Å². The molecule has 7 nitrogen and oxygen atoms in total. The summed E-state index contributed by atoms with van der Waals surface area (Å²) >= 11 is 0. The smallest absolute Gasteiger partial charge is 0.257 e. The molecule has 0 unspecified atom stereocenters. The lowest BCUT2D eigenvalue weighted by Crippen LogP contribution is -2.31. The highest BCUT2D eigenvalue weighted by molar-refractivity contribution is 5.95. The number of hydrogen-bond donors (Lipinski definition) is 1. The fourth-order valence-corrected chi connectivity index (χ4v) is 2.34. The van der Waals surface area contributed by atoms with E-state index in [2.05, 4.69) is 15.1 Å². The van der Waals surface area contributed by atoms with Crippen molar-refractivity contribution >= 4 is 5.91 Å². The molecule has 0 aromatic carbocycles. The second-order valence-electron chi connectivity index (χ2n) is 5.15. The van der Waals surface area contributed by atoms with Gasteiger partial charge in [0.15, 0.2) is 0 Å². The quantitative estimate of drug-likeness (QED) is 0.906. The number of nitrogens with one attached hydrogen (secondary N) is 1. The predicted octanol–water partition coefficient (Wildman–Crippen LogP) is 1.44. The molecule has 118 valence electrons. The molecule has 2 heterocycles. The van der Waals surface area contributed by atoms with Gasteiger partial charge in [0.05, 0.1) is 17.5 Å². The van der Waals surface area contributed by atoms with Crippen molar-refractivity contribution < 1.29 is 4.79 Å². The minimum atomic E-state index is -0.244. The van der Waals surface area contributed by atoms with E-state index in [1.165, 1.54) is 16.9 Å². The zero-order valence-corrected chi connectivity index (χ0v) is 13.4. The van der Waals surface area contributed by atoms with Gasteiger partial charge in [-0.2, -0.15) is 5.10 Å². The average Bonchev–Trinajstić information content (AvgIpc) is 2.84. The van der Waals surface area contributed by atoms with E-state index in [4.69, 9.17) is 0 Å². The van der Waals surface area contributed by atoms with Crippen LogP contribution in [-0.2, 0) is 0 Å². The summed E-state index contributed by atoms with van der Waals surface area (Å²) in [7, 11) is 0. The van der Waals surface area contributed by atoms with Gasteiger partial charge in [-0.3, -0.25) is 14.6 Å². The Hall–Kier alpha value is -2.44. The van der Waals surface area contributed by atoms with E-state index in [0.29, 0.717) is 36.0 Å². The minimum absolute atomic E-state index is 0.0527. The van der Waals surface area contributed by atoms with E-state index < -0.39 is 0 Å². The van der Waals surface area contributed by atoms with Crippen LogP contribution >= 0.6 is 0 Å². The number of aromatic nitrogens is 4. The van der Waals surface area contributed by atoms with Crippen LogP contribution in [0.3, 0.4) is 0 Å². The highest BCUT2D eigenvalue weighted by atomic mass is 16.2. The van der Waals surface area contributed by atoms with Crippen LogP contribution < -0.4 is 5.56 Å². The lowest BCUT2D eigenvalue weighted by molar-refractivity contribution is 0.0763. The molecule has 1 amide bonds. The number of aryl methyl sites for hydroxylation is 1. The highest BCUT2D eigenvalue weighted by Gasteiger charge is 2.20. The first kappa shape index (κ1) is 15.9. The van der Waals surface area contributed by atoms with Gasteiger partial charge in [0.25, 0.3) is 11.5 Å². The minimum Gasteiger partial charge on any atom is -0.339 e. The maximum atomic E-state index is 12.5. The standard InChI is InChI=1S/C15H21N5O2/c1-5-7-19(6-2)14(22)12-9-16-20(11(12)4)15-17-10(3)8-13(21)18-15/h8-9H,5-7H2,1-4H3,(H,17,18,21). The van der Waals surface area contributed by atoms with Gasteiger partial charge in [-0.25, -0.2) is 9.67 Å². The molecular weight excluding hydrogens is 282 g/mol. The van der Waals surface area contributed by atoms with Crippen LogP contribution in [0.4, 0.5) is 0 Å². The second-order valence-corrected chi connectivity index (χ2v) is 5.15. The zero-order chi connectivity index (χ0) is 16.3. The Kier molecular flexibility index (Phi) is 4.75. The lowest BCUT2D eigenvalue weighted by Gasteiger charge is -2.19. The van der Waals surface area contributed by atoms with Crippen molar-refractivity contribution in [1.29, 1.82) is 0 Å². The summed E-state index contributed by atoms with van der Waals surface area (Å²) in [6, 6.07) is 1.41. The fraction of sp³-hybridized carbons (Fsp3) is 0.467. The Bertz CT molecular complexity index is 732. The number of aromatic amines is 1. The van der Waals surface area contributed by atoms with Crippen molar-refractivity contribution in [3.05, 3.63) is 39.6 Å². The van der Waals surface area contributed by atoms with Gasteiger partial charge in [0, 0.05) is 24.8 Å². The van der Waals surface area contributed by atoms with Gasteiger partial charge in [0.2, 0.25) is 5.95 Å². The SMILES string of the molecule is CCCN(CC)C(=O)c1cnn(-c2nc(C)cc(=O)[nH]2)c1C. The van der Waals surface area contributed by atoms with Crippen LogP contribution in [0.25, 0.3) is 5.95 Å². The molecule has 0 aliphatic heterocycles. The molecule has 0 radical (unpaired) electrons. The molecule has 0 spiro atoms. The number of rotatable bonds is 5. The van der Waals surface area contributed by atoms with Gasteiger partial charge < -0.3 is 4.90 Å². The molecule has 2 aromatic heterocycles. The molecule has 0 aliphatic carbocycles. The van der Waals surface area contributed by atoms with Gasteiger partial charge in [-0.05, 0) is 27.2 Å². The molecule has 1 N–H and O–H groups in total. The van der Waals surface area contributed by atoms with Gasteiger partial charge in [-0.1, -0.05) is 6.92 Å². The molecule has 0 atom stereocenters. The molecule has 0 fully saturated rings. The number of H-pyrrole nitrogens is 1. The zero-order valence-electron chi connectivity index (χ0n) is 13.4. The molecule has 0 saturated heterocycles. The van der Waals surface area contributed by atoms with Crippen molar-refractivity contribution in [2.75, 3.05) is 13.1 Å². The fourth-order valence-electron chi connectivity index (χ4n) is 2.34.